The summed E-state index contributed by atoms with van der Waals surface area (Å²) in [4.78, 5) is 4.35. The van der Waals surface area contributed by atoms with Crippen LogP contribution in [-0.4, -0.2) is 12.8 Å². The molecule has 0 saturated heterocycles. The molecule has 0 radical (unpaired) electrons. The number of aliphatic imine (C=N–C) groups is 1. The van der Waals surface area contributed by atoms with Crippen LogP contribution in [0, 0.1) is 0 Å². The van der Waals surface area contributed by atoms with Gasteiger partial charge in [0.15, 0.2) is 0 Å². The molecule has 0 fully saturated rings. The molecule has 1 aliphatic heterocycles. The monoisotopic (exact) mass is 322 g/mol. The number of nitrogens with zero attached hydrogens (tertiary/aromatic N) is 1. The van der Waals surface area contributed by atoms with Crippen molar-refractivity contribution in [3.63, 3.8) is 0 Å². The molecule has 0 aliphatic carbocycles. The molecule has 1 heterocycles. The normalized spacial score (nSPS) is 13.5. The van der Waals surface area contributed by atoms with Gasteiger partial charge < -0.3 is 5.32 Å². The molecule has 116 valence electrons. The van der Waals surface area contributed by atoms with Gasteiger partial charge in [-0.3, -0.25) is 4.99 Å². The molecule has 0 amide bonds. The molecule has 0 saturated carbocycles. The van der Waals surface area contributed by atoms with Crippen molar-refractivity contribution in [2.45, 2.75) is 12.8 Å². The minimum absolute atomic E-state index is 0.755. The Morgan fingerprint density at radius 2 is 1.83 bits per heavy atom. The fourth-order valence-electron chi connectivity index (χ4n) is 2.42. The van der Waals surface area contributed by atoms with Crippen LogP contribution in [0.4, 0.5) is 5.69 Å². The summed E-state index contributed by atoms with van der Waals surface area (Å²) in [6.45, 7) is 0.783. The van der Waals surface area contributed by atoms with E-state index >= 15 is 0 Å². The second-order valence-corrected chi connectivity index (χ2v) is 5.89. The molecule has 1 N–H and O–H groups in total. The predicted octanol–water partition coefficient (Wildman–Crippen LogP) is 5.37. The lowest BCUT2D eigenvalue weighted by molar-refractivity contribution is 1.12. The lowest BCUT2D eigenvalue weighted by atomic mass is 10.1. The van der Waals surface area contributed by atoms with E-state index in [0.29, 0.717) is 0 Å². The summed E-state index contributed by atoms with van der Waals surface area (Å²) < 4.78 is 0. The summed E-state index contributed by atoms with van der Waals surface area (Å²) in [5.41, 5.74) is 4.74. The predicted molar refractivity (Wildman–Crippen MR) is 100 cm³/mol. The third kappa shape index (κ3) is 4.83. The molecule has 2 aromatic carbocycles. The molecule has 0 spiro atoms. The highest BCUT2D eigenvalue weighted by Gasteiger charge is 2.01. The number of hydrogen-bond acceptors (Lipinski definition) is 2. The molecular weight excluding hydrogens is 304 g/mol. The van der Waals surface area contributed by atoms with Gasteiger partial charge in [0, 0.05) is 42.0 Å². The molecule has 1 aliphatic rings. The Hall–Kier alpha value is -2.32. The Morgan fingerprint density at radius 3 is 2.52 bits per heavy atom. The number of nitrogens with one attached hydrogen (secondary N) is 1. The van der Waals surface area contributed by atoms with Crippen molar-refractivity contribution in [2.24, 2.45) is 4.99 Å². The molecule has 3 heteroatoms. The van der Waals surface area contributed by atoms with Gasteiger partial charge in [-0.25, -0.2) is 0 Å². The number of anilines is 1. The summed E-state index contributed by atoms with van der Waals surface area (Å²) in [7, 11) is 0. The van der Waals surface area contributed by atoms with Gasteiger partial charge >= 0.3 is 0 Å². The minimum atomic E-state index is 0.755. The Bertz CT molecular complexity index is 725. The van der Waals surface area contributed by atoms with E-state index in [0.717, 1.165) is 30.1 Å². The lowest BCUT2D eigenvalue weighted by Crippen LogP contribution is -1.97. The zero-order chi connectivity index (χ0) is 15.9. The number of halogens is 1. The first-order valence-electron chi connectivity index (χ1n) is 7.76. The van der Waals surface area contributed by atoms with E-state index < -0.39 is 0 Å². The lowest BCUT2D eigenvalue weighted by Gasteiger charge is -2.03. The second-order valence-electron chi connectivity index (χ2n) is 5.45. The van der Waals surface area contributed by atoms with Crippen LogP contribution in [0.3, 0.4) is 0 Å². The van der Waals surface area contributed by atoms with Crippen molar-refractivity contribution in [1.29, 1.82) is 0 Å². The van der Waals surface area contributed by atoms with E-state index in [4.69, 9.17) is 11.6 Å². The fourth-order valence-corrected chi connectivity index (χ4v) is 2.55. The molecule has 0 unspecified atom stereocenters. The Morgan fingerprint density at radius 1 is 1.04 bits per heavy atom. The summed E-state index contributed by atoms with van der Waals surface area (Å²) >= 11 is 5.87. The number of benzene rings is 2. The van der Waals surface area contributed by atoms with E-state index in [9.17, 15) is 0 Å². The number of allylic oxidation sites excluding steroid dienone is 2. The zero-order valence-electron chi connectivity index (χ0n) is 12.9. The molecule has 23 heavy (non-hydrogen) atoms. The van der Waals surface area contributed by atoms with Crippen molar-refractivity contribution < 1.29 is 0 Å². The molecule has 2 nitrogen and oxygen atoms in total. The SMILES string of the molecule is Clc1ccc(NC/C=C/c2ccc(CC3=CCC=N3)cc2)cc1. The molecule has 0 aromatic heterocycles. The average Bonchev–Trinajstić information content (AvgIpc) is 3.08. The van der Waals surface area contributed by atoms with Gasteiger partial charge in [0.2, 0.25) is 0 Å². The third-order valence-electron chi connectivity index (χ3n) is 3.66. The Labute approximate surface area is 142 Å². The maximum absolute atomic E-state index is 5.87. The number of rotatable bonds is 6. The van der Waals surface area contributed by atoms with E-state index in [-0.39, 0.29) is 0 Å². The van der Waals surface area contributed by atoms with Crippen LogP contribution < -0.4 is 5.32 Å². The average molecular weight is 323 g/mol. The standard InChI is InChI=1S/C20H19ClN2/c21-18-9-11-19(12-10-18)22-13-1-3-16-5-7-17(8-6-16)15-20-4-2-14-23-20/h1,3-12,14,22H,2,13,15H2/b3-1+. The largest absolute Gasteiger partial charge is 0.382 e. The Kier molecular flexibility index (Phi) is 5.28. The van der Waals surface area contributed by atoms with Crippen molar-refractivity contribution >= 4 is 29.6 Å². The Balaban J connectivity index is 1.49. The highest BCUT2D eigenvalue weighted by atomic mass is 35.5. The third-order valence-corrected chi connectivity index (χ3v) is 3.91. The maximum Gasteiger partial charge on any atom is 0.0407 e. The quantitative estimate of drug-likeness (QED) is 0.760. The fraction of sp³-hybridized carbons (Fsp3) is 0.150. The zero-order valence-corrected chi connectivity index (χ0v) is 13.6. The molecular formula is C20H19ClN2. The van der Waals surface area contributed by atoms with Crippen molar-refractivity contribution in [3.05, 3.63) is 82.5 Å². The molecule has 0 atom stereocenters. The van der Waals surface area contributed by atoms with Crippen LogP contribution in [0.5, 0.6) is 0 Å². The van der Waals surface area contributed by atoms with Crippen LogP contribution in [0.1, 0.15) is 17.5 Å². The van der Waals surface area contributed by atoms with Gasteiger partial charge in [-0.05, 0) is 35.4 Å². The summed E-state index contributed by atoms with van der Waals surface area (Å²) in [5, 5.41) is 4.09. The van der Waals surface area contributed by atoms with E-state index in [1.165, 1.54) is 16.8 Å². The topological polar surface area (TPSA) is 24.4 Å². The minimum Gasteiger partial charge on any atom is -0.382 e. The highest BCUT2D eigenvalue weighted by Crippen LogP contribution is 2.15. The van der Waals surface area contributed by atoms with Crippen LogP contribution in [0.2, 0.25) is 5.02 Å². The molecule has 0 bridgehead atoms. The van der Waals surface area contributed by atoms with E-state index in [2.05, 4.69) is 52.8 Å². The van der Waals surface area contributed by atoms with Crippen molar-refractivity contribution in [2.75, 3.05) is 11.9 Å². The van der Waals surface area contributed by atoms with Gasteiger partial charge in [0.05, 0.1) is 0 Å². The van der Waals surface area contributed by atoms with Crippen LogP contribution in [0.15, 0.2) is 71.4 Å². The first-order chi connectivity index (χ1) is 11.3. The van der Waals surface area contributed by atoms with Crippen molar-refractivity contribution in [3.8, 4) is 0 Å². The van der Waals surface area contributed by atoms with Gasteiger partial charge in [0.25, 0.3) is 0 Å². The van der Waals surface area contributed by atoms with Crippen molar-refractivity contribution in [1.82, 2.24) is 0 Å². The van der Waals surface area contributed by atoms with E-state index in [1.54, 1.807) is 0 Å². The van der Waals surface area contributed by atoms with Gasteiger partial charge in [-0.2, -0.15) is 0 Å². The molecule has 3 rings (SSSR count). The van der Waals surface area contributed by atoms with Crippen LogP contribution in [-0.2, 0) is 6.42 Å². The molecule has 2 aromatic rings. The van der Waals surface area contributed by atoms with Gasteiger partial charge in [0.1, 0.15) is 0 Å². The summed E-state index contributed by atoms with van der Waals surface area (Å²) in [6, 6.07) is 16.4. The summed E-state index contributed by atoms with van der Waals surface area (Å²) in [6.07, 6.45) is 10.3. The highest BCUT2D eigenvalue weighted by molar-refractivity contribution is 6.30. The summed E-state index contributed by atoms with van der Waals surface area (Å²) in [5.74, 6) is 0. The van der Waals surface area contributed by atoms with Gasteiger partial charge in [-0.1, -0.05) is 54.1 Å². The van der Waals surface area contributed by atoms with Crippen LogP contribution in [0.25, 0.3) is 6.08 Å². The first kappa shape index (κ1) is 15.6. The smallest absolute Gasteiger partial charge is 0.0407 e. The number of hydrogen-bond donors (Lipinski definition) is 1. The van der Waals surface area contributed by atoms with Gasteiger partial charge in [-0.15, -0.1) is 0 Å². The van der Waals surface area contributed by atoms with E-state index in [1.807, 2.05) is 30.5 Å². The first-order valence-corrected chi connectivity index (χ1v) is 8.14. The van der Waals surface area contributed by atoms with Crippen LogP contribution >= 0.6 is 11.6 Å². The maximum atomic E-state index is 5.87. The second kappa shape index (κ2) is 7.80.